The fraction of sp³-hybridized carbons (Fsp3) is 0.0769. The van der Waals surface area contributed by atoms with E-state index in [0.717, 1.165) is 5.56 Å². The van der Waals surface area contributed by atoms with Crippen molar-refractivity contribution in [2.75, 3.05) is 10.6 Å². The molecule has 0 saturated heterocycles. The summed E-state index contributed by atoms with van der Waals surface area (Å²) in [5.74, 6) is -0.218. The average molecular weight is 303 g/mol. The number of nitrogens with one attached hydrogen (secondary N) is 3. The molecule has 0 saturated carbocycles. The summed E-state index contributed by atoms with van der Waals surface area (Å²) < 4.78 is 0. The fourth-order valence-corrected chi connectivity index (χ4v) is 1.65. The van der Waals surface area contributed by atoms with Crippen molar-refractivity contribution in [1.82, 2.24) is 15.2 Å². The zero-order valence-electron chi connectivity index (χ0n) is 11.0. The molecule has 1 amide bonds. The largest absolute Gasteiger partial charge is 0.330 e. The van der Waals surface area contributed by atoms with E-state index in [1.807, 2.05) is 13.0 Å². The summed E-state index contributed by atoms with van der Waals surface area (Å²) in [5, 5.41) is 21.0. The molecule has 1 aromatic carbocycles. The average Bonchev–Trinajstić information content (AvgIpc) is 2.97. The monoisotopic (exact) mass is 302 g/mol. The summed E-state index contributed by atoms with van der Waals surface area (Å²) >= 11 is 5.88. The van der Waals surface area contributed by atoms with Gasteiger partial charge in [0, 0.05) is 16.9 Å². The minimum Gasteiger partial charge on any atom is -0.330 e. The van der Waals surface area contributed by atoms with Crippen molar-refractivity contribution in [1.29, 1.82) is 5.26 Å². The molecule has 1 aromatic heterocycles. The van der Waals surface area contributed by atoms with Gasteiger partial charge in [-0.1, -0.05) is 17.7 Å². The highest BCUT2D eigenvalue weighted by Gasteiger charge is 2.11. The molecule has 21 heavy (non-hydrogen) atoms. The maximum Gasteiger partial charge on any atom is 0.267 e. The third-order valence-corrected chi connectivity index (χ3v) is 2.82. The Hall–Kier alpha value is -2.85. The lowest BCUT2D eigenvalue weighted by Gasteiger charge is -2.08. The van der Waals surface area contributed by atoms with Crippen LogP contribution in [0.1, 0.15) is 5.56 Å². The van der Waals surface area contributed by atoms with Crippen molar-refractivity contribution in [3.63, 3.8) is 0 Å². The van der Waals surface area contributed by atoms with Crippen LogP contribution in [0.2, 0.25) is 5.02 Å². The van der Waals surface area contributed by atoms with Gasteiger partial charge in [-0.15, -0.1) is 0 Å². The van der Waals surface area contributed by atoms with Gasteiger partial charge in [0.25, 0.3) is 5.91 Å². The molecule has 0 aliphatic rings. The van der Waals surface area contributed by atoms with Crippen molar-refractivity contribution in [2.24, 2.45) is 0 Å². The van der Waals surface area contributed by atoms with Gasteiger partial charge in [0.2, 0.25) is 5.95 Å². The zero-order valence-corrected chi connectivity index (χ0v) is 11.8. The third kappa shape index (κ3) is 3.81. The molecule has 1 heterocycles. The lowest BCUT2D eigenvalue weighted by atomic mass is 10.2. The molecule has 2 rings (SSSR count). The second-order valence-corrected chi connectivity index (χ2v) is 4.50. The van der Waals surface area contributed by atoms with E-state index in [2.05, 4.69) is 25.8 Å². The predicted octanol–water partition coefficient (Wildman–Crippen LogP) is 2.22. The zero-order chi connectivity index (χ0) is 15.2. The van der Waals surface area contributed by atoms with Gasteiger partial charge in [-0.3, -0.25) is 4.79 Å². The number of carbonyl (C=O) groups is 1. The number of benzene rings is 1. The Morgan fingerprint density at radius 2 is 2.33 bits per heavy atom. The number of nitrogens with zero attached hydrogens (tertiary/aromatic N) is 3. The topological polar surface area (TPSA) is 106 Å². The van der Waals surface area contributed by atoms with Crippen molar-refractivity contribution in [3.05, 3.63) is 46.9 Å². The van der Waals surface area contributed by atoms with E-state index in [4.69, 9.17) is 16.9 Å². The first-order valence-corrected chi connectivity index (χ1v) is 6.27. The minimum absolute atomic E-state index is 0.106. The lowest BCUT2D eigenvalue weighted by Crippen LogP contribution is -2.15. The molecule has 0 unspecified atom stereocenters. The number of amides is 1. The smallest absolute Gasteiger partial charge is 0.267 e. The first kappa shape index (κ1) is 14.6. The number of rotatable bonds is 4. The highest BCUT2D eigenvalue weighted by Crippen LogP contribution is 2.20. The molecular formula is C13H11ClN6O. The number of H-pyrrole nitrogens is 1. The van der Waals surface area contributed by atoms with Crippen LogP contribution in [0, 0.1) is 18.3 Å². The summed E-state index contributed by atoms with van der Waals surface area (Å²) in [7, 11) is 0. The van der Waals surface area contributed by atoms with E-state index in [1.165, 1.54) is 12.5 Å². The first-order valence-electron chi connectivity index (χ1n) is 5.90. The van der Waals surface area contributed by atoms with Crippen molar-refractivity contribution < 1.29 is 4.79 Å². The Bertz CT molecular complexity index is 717. The van der Waals surface area contributed by atoms with E-state index in [0.29, 0.717) is 16.7 Å². The highest BCUT2D eigenvalue weighted by molar-refractivity contribution is 6.31. The summed E-state index contributed by atoms with van der Waals surface area (Å²) in [6.07, 6.45) is 2.55. The van der Waals surface area contributed by atoms with Crippen LogP contribution in [0.4, 0.5) is 11.6 Å². The Labute approximate surface area is 125 Å². The molecule has 0 spiro atoms. The van der Waals surface area contributed by atoms with Crippen LogP contribution < -0.4 is 10.6 Å². The number of aromatic nitrogens is 3. The van der Waals surface area contributed by atoms with Gasteiger partial charge in [0.1, 0.15) is 18.0 Å². The summed E-state index contributed by atoms with van der Waals surface area (Å²) in [4.78, 5) is 15.8. The molecule has 0 aliphatic heterocycles. The number of hydrogen-bond donors (Lipinski definition) is 3. The number of hydrogen-bond acceptors (Lipinski definition) is 5. The van der Waals surface area contributed by atoms with Crippen LogP contribution in [-0.2, 0) is 4.79 Å². The van der Waals surface area contributed by atoms with Crippen LogP contribution in [0.5, 0.6) is 0 Å². The molecule has 8 heteroatoms. The fourth-order valence-electron chi connectivity index (χ4n) is 1.48. The summed E-state index contributed by atoms with van der Waals surface area (Å²) in [6, 6.07) is 6.93. The second kappa shape index (κ2) is 6.54. The Morgan fingerprint density at radius 3 is 3.00 bits per heavy atom. The molecule has 3 N–H and O–H groups in total. The van der Waals surface area contributed by atoms with Crippen molar-refractivity contribution >= 4 is 29.1 Å². The number of anilines is 2. The SMILES string of the molecule is Cc1ccc(Cl)cc1NC(=O)/C(C#N)=C\Nc1ncn[nH]1. The van der Waals surface area contributed by atoms with Gasteiger partial charge < -0.3 is 10.6 Å². The van der Waals surface area contributed by atoms with E-state index >= 15 is 0 Å². The van der Waals surface area contributed by atoms with Gasteiger partial charge in [-0.05, 0) is 24.6 Å². The number of nitriles is 1. The molecule has 2 aromatic rings. The molecule has 0 atom stereocenters. The standard InChI is InChI=1S/C13H11ClN6O/c1-8-2-3-10(14)4-11(8)19-12(21)9(5-15)6-16-13-17-7-18-20-13/h2-4,6-7H,1H3,(H,19,21)(H2,16,17,18,20)/b9-6-. The second-order valence-electron chi connectivity index (χ2n) is 4.06. The molecule has 0 radical (unpaired) electrons. The van der Waals surface area contributed by atoms with Crippen LogP contribution in [-0.4, -0.2) is 21.1 Å². The minimum atomic E-state index is -0.546. The van der Waals surface area contributed by atoms with Crippen LogP contribution in [0.15, 0.2) is 36.3 Å². The maximum absolute atomic E-state index is 12.0. The van der Waals surface area contributed by atoms with Crippen molar-refractivity contribution in [3.8, 4) is 6.07 Å². The number of carbonyl (C=O) groups excluding carboxylic acids is 1. The number of aryl methyl sites for hydroxylation is 1. The van der Waals surface area contributed by atoms with Gasteiger partial charge in [0.15, 0.2) is 0 Å². The Morgan fingerprint density at radius 1 is 1.52 bits per heavy atom. The van der Waals surface area contributed by atoms with Gasteiger partial charge in [-0.25, -0.2) is 5.10 Å². The van der Waals surface area contributed by atoms with Gasteiger partial charge in [0.05, 0.1) is 0 Å². The summed E-state index contributed by atoms with van der Waals surface area (Å²) in [6.45, 7) is 1.83. The Kier molecular flexibility index (Phi) is 4.53. The number of aromatic amines is 1. The molecule has 7 nitrogen and oxygen atoms in total. The third-order valence-electron chi connectivity index (χ3n) is 2.58. The number of halogens is 1. The molecule has 0 bridgehead atoms. The molecule has 0 fully saturated rings. The van der Waals surface area contributed by atoms with Gasteiger partial charge in [-0.2, -0.15) is 15.3 Å². The lowest BCUT2D eigenvalue weighted by molar-refractivity contribution is -0.112. The van der Waals surface area contributed by atoms with E-state index in [1.54, 1.807) is 18.2 Å². The molecule has 0 aliphatic carbocycles. The van der Waals surface area contributed by atoms with Crippen LogP contribution in [0.25, 0.3) is 0 Å². The Balaban J connectivity index is 2.12. The van der Waals surface area contributed by atoms with Crippen LogP contribution in [0.3, 0.4) is 0 Å². The van der Waals surface area contributed by atoms with Crippen LogP contribution >= 0.6 is 11.6 Å². The predicted molar refractivity (Wildman–Crippen MR) is 78.5 cm³/mol. The maximum atomic E-state index is 12.0. The first-order chi connectivity index (χ1) is 10.1. The van der Waals surface area contributed by atoms with Crippen molar-refractivity contribution in [2.45, 2.75) is 6.92 Å². The van der Waals surface area contributed by atoms with E-state index in [-0.39, 0.29) is 5.57 Å². The highest BCUT2D eigenvalue weighted by atomic mass is 35.5. The summed E-state index contributed by atoms with van der Waals surface area (Å²) in [5.41, 5.74) is 1.28. The van der Waals surface area contributed by atoms with Gasteiger partial charge >= 0.3 is 0 Å². The molecular weight excluding hydrogens is 292 g/mol. The normalized spacial score (nSPS) is 10.8. The molecule has 106 valence electrons. The quantitative estimate of drug-likeness (QED) is 0.593. The van der Waals surface area contributed by atoms with E-state index < -0.39 is 5.91 Å². The van der Waals surface area contributed by atoms with E-state index in [9.17, 15) is 4.79 Å².